The molecule has 1 N–H and O–H groups in total. The summed E-state index contributed by atoms with van der Waals surface area (Å²) in [5, 5.41) is 11.1. The first-order valence-electron chi connectivity index (χ1n) is 7.86. The van der Waals surface area contributed by atoms with Crippen LogP contribution in [0.25, 0.3) is 11.0 Å². The highest BCUT2D eigenvalue weighted by atomic mass is 127. The zero-order chi connectivity index (χ0) is 18.1. The highest BCUT2D eigenvalue weighted by Crippen LogP contribution is 2.35. The number of fused-ring (bicyclic) bond motifs is 1. The number of rotatable bonds is 5. The highest BCUT2D eigenvalue weighted by molar-refractivity contribution is 14.1. The van der Waals surface area contributed by atoms with Gasteiger partial charge in [-0.2, -0.15) is 0 Å². The fourth-order valence-electron chi connectivity index (χ4n) is 2.75. The first kappa shape index (κ1) is 19.0. The second kappa shape index (κ2) is 7.84. The van der Waals surface area contributed by atoms with E-state index in [4.69, 9.17) is 16.0 Å². The van der Waals surface area contributed by atoms with Crippen LogP contribution < -0.4 is 0 Å². The van der Waals surface area contributed by atoms with Crippen molar-refractivity contribution in [2.75, 3.05) is 0 Å². The largest absolute Gasteiger partial charge is 0.506 e. The second-order valence-electron chi connectivity index (χ2n) is 5.73. The Balaban J connectivity index is 2.20. The number of ketones is 1. The Morgan fingerprint density at radius 1 is 1.24 bits per heavy atom. The molecule has 3 aromatic rings. The molecular weight excluding hydrogens is 565 g/mol. The maximum Gasteiger partial charge on any atom is 0.197 e. The summed E-state index contributed by atoms with van der Waals surface area (Å²) in [4.78, 5) is 13.3. The Labute approximate surface area is 178 Å². The number of hydrogen-bond acceptors (Lipinski definition) is 3. The van der Waals surface area contributed by atoms with Gasteiger partial charge in [-0.25, -0.2) is 0 Å². The molecule has 6 heteroatoms. The molecule has 130 valence electrons. The number of halogens is 3. The third-order valence-corrected chi connectivity index (χ3v) is 5.96. The van der Waals surface area contributed by atoms with Crippen molar-refractivity contribution in [3.05, 3.63) is 59.4 Å². The van der Waals surface area contributed by atoms with Gasteiger partial charge in [0.2, 0.25) is 0 Å². The minimum Gasteiger partial charge on any atom is -0.506 e. The number of hydrogen-bond donors (Lipinski definition) is 1. The Bertz CT molecular complexity index is 940. The minimum atomic E-state index is -0.131. The number of phenolic OH excluding ortho intramolecular Hbond substituents is 1. The fourth-order valence-corrected chi connectivity index (χ4v) is 4.78. The maximum atomic E-state index is 13.3. The molecule has 0 bridgehead atoms. The first-order valence-corrected chi connectivity index (χ1v) is 10.4. The van der Waals surface area contributed by atoms with Gasteiger partial charge in [0.25, 0.3) is 0 Å². The third-order valence-electron chi connectivity index (χ3n) is 4.00. The molecule has 0 aliphatic rings. The summed E-state index contributed by atoms with van der Waals surface area (Å²) in [6.45, 7) is 2.10. The van der Waals surface area contributed by atoms with Crippen LogP contribution in [0.1, 0.15) is 41.4 Å². The van der Waals surface area contributed by atoms with E-state index in [-0.39, 0.29) is 11.5 Å². The lowest BCUT2D eigenvalue weighted by atomic mass is 9.98. The molecule has 0 spiro atoms. The van der Waals surface area contributed by atoms with Gasteiger partial charge in [-0.15, -0.1) is 0 Å². The van der Waals surface area contributed by atoms with Crippen molar-refractivity contribution in [2.24, 2.45) is 0 Å². The molecule has 0 aliphatic carbocycles. The Morgan fingerprint density at radius 3 is 2.56 bits per heavy atom. The molecule has 0 saturated carbocycles. The molecule has 0 fully saturated rings. The lowest BCUT2D eigenvalue weighted by molar-refractivity contribution is 0.103. The number of unbranched alkanes of at least 4 members (excludes halogenated alkanes) is 1. The number of aryl methyl sites for hydroxylation is 1. The Kier molecular flexibility index (Phi) is 5.95. The van der Waals surface area contributed by atoms with Crippen LogP contribution in [0.2, 0.25) is 5.02 Å². The minimum absolute atomic E-state index is 0.131. The van der Waals surface area contributed by atoms with Gasteiger partial charge in [-0.05, 0) is 75.9 Å². The average Bonchev–Trinajstić information content (AvgIpc) is 2.96. The van der Waals surface area contributed by atoms with E-state index in [2.05, 4.69) is 6.92 Å². The molecule has 0 amide bonds. The van der Waals surface area contributed by atoms with Crippen LogP contribution in [-0.2, 0) is 6.42 Å². The first-order chi connectivity index (χ1) is 11.9. The van der Waals surface area contributed by atoms with Crippen LogP contribution in [0.5, 0.6) is 5.75 Å². The molecule has 2 aromatic carbocycles. The van der Waals surface area contributed by atoms with Crippen molar-refractivity contribution in [3.8, 4) is 5.75 Å². The van der Waals surface area contributed by atoms with Crippen molar-refractivity contribution in [3.63, 3.8) is 0 Å². The van der Waals surface area contributed by atoms with Gasteiger partial charge < -0.3 is 9.52 Å². The molecule has 25 heavy (non-hydrogen) atoms. The Morgan fingerprint density at radius 2 is 1.92 bits per heavy atom. The highest BCUT2D eigenvalue weighted by Gasteiger charge is 2.24. The van der Waals surface area contributed by atoms with Gasteiger partial charge in [0, 0.05) is 12.0 Å². The molecule has 0 aliphatic heterocycles. The van der Waals surface area contributed by atoms with E-state index in [1.54, 1.807) is 18.2 Å². The van der Waals surface area contributed by atoms with E-state index < -0.39 is 0 Å². The van der Waals surface area contributed by atoms with E-state index >= 15 is 0 Å². The van der Waals surface area contributed by atoms with Gasteiger partial charge >= 0.3 is 0 Å². The molecule has 0 unspecified atom stereocenters. The van der Waals surface area contributed by atoms with Crippen molar-refractivity contribution >= 4 is 73.5 Å². The maximum absolute atomic E-state index is 13.3. The predicted octanol–water partition coefficient (Wildman–Crippen LogP) is 6.57. The molecule has 0 radical (unpaired) electrons. The molecule has 3 nitrogen and oxygen atoms in total. The smallest absolute Gasteiger partial charge is 0.197 e. The zero-order valence-corrected chi connectivity index (χ0v) is 18.5. The van der Waals surface area contributed by atoms with Gasteiger partial charge in [0.1, 0.15) is 17.1 Å². The topological polar surface area (TPSA) is 50.4 Å². The average molecular weight is 581 g/mol. The van der Waals surface area contributed by atoms with Gasteiger partial charge in [0.05, 0.1) is 23.1 Å². The van der Waals surface area contributed by atoms with Crippen LogP contribution in [0.3, 0.4) is 0 Å². The van der Waals surface area contributed by atoms with E-state index in [1.807, 2.05) is 57.3 Å². The summed E-state index contributed by atoms with van der Waals surface area (Å²) >= 11 is 10.4. The normalized spacial score (nSPS) is 11.2. The lowest BCUT2D eigenvalue weighted by Gasteiger charge is -2.07. The summed E-state index contributed by atoms with van der Waals surface area (Å²) in [5.41, 5.74) is 1.68. The van der Waals surface area contributed by atoms with Crippen molar-refractivity contribution in [1.82, 2.24) is 0 Å². The van der Waals surface area contributed by atoms with Gasteiger partial charge in [0.15, 0.2) is 5.78 Å². The summed E-state index contributed by atoms with van der Waals surface area (Å²) in [5.74, 6) is 0.737. The van der Waals surface area contributed by atoms with Gasteiger partial charge in [-0.1, -0.05) is 31.0 Å². The number of phenols is 1. The number of carbonyl (C=O) groups excluding carboxylic acids is 1. The van der Waals surface area contributed by atoms with Gasteiger partial charge in [-0.3, -0.25) is 4.79 Å². The molecule has 0 saturated heterocycles. The van der Waals surface area contributed by atoms with Crippen LogP contribution >= 0.6 is 56.8 Å². The molecule has 0 atom stereocenters. The zero-order valence-electron chi connectivity index (χ0n) is 13.4. The van der Waals surface area contributed by atoms with Crippen molar-refractivity contribution in [1.29, 1.82) is 0 Å². The molecule has 1 aromatic heterocycles. The number of benzene rings is 2. The quantitative estimate of drug-likeness (QED) is 0.274. The van der Waals surface area contributed by atoms with Crippen LogP contribution in [0.4, 0.5) is 0 Å². The third kappa shape index (κ3) is 3.68. The summed E-state index contributed by atoms with van der Waals surface area (Å²) < 4.78 is 7.23. The van der Waals surface area contributed by atoms with Crippen LogP contribution in [0, 0.1) is 7.14 Å². The van der Waals surface area contributed by atoms with Crippen molar-refractivity contribution < 1.29 is 14.3 Å². The summed E-state index contributed by atoms with van der Waals surface area (Å²) in [6, 6.07) is 8.81. The fraction of sp³-hybridized carbons (Fsp3) is 0.211. The molecule has 1 heterocycles. The predicted molar refractivity (Wildman–Crippen MR) is 117 cm³/mol. The van der Waals surface area contributed by atoms with E-state index in [0.29, 0.717) is 46.4 Å². The lowest BCUT2D eigenvalue weighted by Crippen LogP contribution is -2.05. The molecular formula is C19H15ClI2O3. The molecule has 3 rings (SSSR count). The van der Waals surface area contributed by atoms with E-state index in [9.17, 15) is 9.90 Å². The summed E-state index contributed by atoms with van der Waals surface area (Å²) in [6.07, 6.45) is 2.63. The SMILES string of the molecule is CCCCc1oc2cccc(Cl)c2c1C(=O)c1cc(I)c(O)c(I)c1. The van der Waals surface area contributed by atoms with Crippen LogP contribution in [0.15, 0.2) is 34.7 Å². The standard InChI is InChI=1S/C19H15ClI2O3/c1-2-3-6-15-17(16-11(20)5-4-7-14(16)25-15)18(23)10-8-12(21)19(24)13(22)9-10/h4-5,7-9,24H,2-3,6H2,1H3. The van der Waals surface area contributed by atoms with E-state index in [1.165, 1.54) is 0 Å². The van der Waals surface area contributed by atoms with Crippen LogP contribution in [-0.4, -0.2) is 10.9 Å². The number of aromatic hydroxyl groups is 1. The number of furan rings is 1. The monoisotopic (exact) mass is 580 g/mol. The van der Waals surface area contributed by atoms with E-state index in [0.717, 1.165) is 12.8 Å². The second-order valence-corrected chi connectivity index (χ2v) is 8.47. The number of carbonyl (C=O) groups is 1. The Hall–Kier alpha value is -0.800. The summed E-state index contributed by atoms with van der Waals surface area (Å²) in [7, 11) is 0. The van der Waals surface area contributed by atoms with Crippen molar-refractivity contribution in [2.45, 2.75) is 26.2 Å².